The number of amides is 1. The van der Waals surface area contributed by atoms with Crippen LogP contribution in [0.2, 0.25) is 0 Å². The quantitative estimate of drug-likeness (QED) is 0.463. The zero-order chi connectivity index (χ0) is 21.8. The number of carbonyl (C=O) groups is 1. The minimum atomic E-state index is 0.210. The van der Waals surface area contributed by atoms with Crippen molar-refractivity contribution in [2.24, 2.45) is 52.3 Å². The van der Waals surface area contributed by atoms with Gasteiger partial charge < -0.3 is 4.90 Å². The van der Waals surface area contributed by atoms with Crippen LogP contribution in [-0.2, 0) is 4.79 Å². The molecule has 0 aromatic rings. The molecule has 0 spiro atoms. The minimum Gasteiger partial charge on any atom is -0.319 e. The van der Waals surface area contributed by atoms with Crippen molar-refractivity contribution in [2.75, 3.05) is 7.05 Å². The van der Waals surface area contributed by atoms with Crippen LogP contribution in [0.4, 0.5) is 0 Å². The molecule has 1 heterocycles. The van der Waals surface area contributed by atoms with Gasteiger partial charge in [0, 0.05) is 24.6 Å². The van der Waals surface area contributed by atoms with Crippen molar-refractivity contribution >= 4 is 5.91 Å². The second kappa shape index (κ2) is 7.96. The van der Waals surface area contributed by atoms with Gasteiger partial charge in [-0.2, -0.15) is 0 Å². The largest absolute Gasteiger partial charge is 0.319 e. The lowest BCUT2D eigenvalue weighted by molar-refractivity contribution is -0.137. The number of allylic oxidation sites excluding steroid dienone is 2. The average Bonchev–Trinajstić information content (AvgIpc) is 3.03. The number of hydrogen-bond donors (Lipinski definition) is 0. The monoisotopic (exact) mass is 413 g/mol. The Morgan fingerprint density at radius 1 is 1.07 bits per heavy atom. The van der Waals surface area contributed by atoms with Crippen LogP contribution >= 0.6 is 0 Å². The van der Waals surface area contributed by atoms with E-state index in [-0.39, 0.29) is 5.41 Å². The molecule has 2 saturated carbocycles. The fourth-order valence-electron chi connectivity index (χ4n) is 8.91. The maximum atomic E-state index is 12.4. The van der Waals surface area contributed by atoms with E-state index in [4.69, 9.17) is 0 Å². The molecule has 4 aliphatic rings. The van der Waals surface area contributed by atoms with Gasteiger partial charge in [-0.05, 0) is 78.9 Å². The van der Waals surface area contributed by atoms with E-state index in [1.807, 2.05) is 11.9 Å². The van der Waals surface area contributed by atoms with Crippen LogP contribution in [0.1, 0.15) is 99.3 Å². The summed E-state index contributed by atoms with van der Waals surface area (Å²) < 4.78 is 0. The van der Waals surface area contributed by atoms with Gasteiger partial charge in [0.15, 0.2) is 0 Å². The average molecular weight is 414 g/mol. The Balaban J connectivity index is 1.57. The van der Waals surface area contributed by atoms with Gasteiger partial charge in [0.05, 0.1) is 0 Å². The van der Waals surface area contributed by atoms with Crippen LogP contribution in [0.5, 0.6) is 0 Å². The molecule has 3 fully saturated rings. The number of nitrogens with zero attached hydrogens (tertiary/aromatic N) is 1. The molecule has 3 aliphatic carbocycles. The Kier molecular flexibility index (Phi) is 5.95. The first-order valence-electron chi connectivity index (χ1n) is 13.1. The Morgan fingerprint density at radius 3 is 2.50 bits per heavy atom. The summed E-state index contributed by atoms with van der Waals surface area (Å²) in [5, 5.41) is 0. The van der Waals surface area contributed by atoms with Gasteiger partial charge in [-0.15, -0.1) is 0 Å². The smallest absolute Gasteiger partial charge is 0.226 e. The molecule has 0 aromatic heterocycles. The molecular weight excluding hydrogens is 366 g/mol. The summed E-state index contributed by atoms with van der Waals surface area (Å²) >= 11 is 0. The first-order chi connectivity index (χ1) is 14.1. The zero-order valence-corrected chi connectivity index (χ0v) is 20.8. The van der Waals surface area contributed by atoms with E-state index in [9.17, 15) is 4.79 Å². The third kappa shape index (κ3) is 3.39. The van der Waals surface area contributed by atoms with Gasteiger partial charge in [0.1, 0.15) is 0 Å². The van der Waals surface area contributed by atoms with Crippen molar-refractivity contribution in [3.63, 3.8) is 0 Å². The Morgan fingerprint density at radius 2 is 1.80 bits per heavy atom. The van der Waals surface area contributed by atoms with E-state index in [1.165, 1.54) is 50.6 Å². The number of piperidine rings is 1. The van der Waals surface area contributed by atoms with Crippen LogP contribution in [-0.4, -0.2) is 17.9 Å². The molecule has 2 heteroatoms. The van der Waals surface area contributed by atoms with Gasteiger partial charge in [-0.25, -0.2) is 0 Å². The van der Waals surface area contributed by atoms with E-state index in [2.05, 4.69) is 47.6 Å². The van der Waals surface area contributed by atoms with Gasteiger partial charge >= 0.3 is 0 Å². The molecule has 30 heavy (non-hydrogen) atoms. The molecule has 1 amide bonds. The lowest BCUT2D eigenvalue weighted by atomic mass is 9.46. The van der Waals surface area contributed by atoms with Crippen molar-refractivity contribution < 1.29 is 4.79 Å². The number of likely N-dealkylation sites (tertiary alicyclic amines) is 1. The van der Waals surface area contributed by atoms with Gasteiger partial charge in [0.25, 0.3) is 0 Å². The predicted octanol–water partition coefficient (Wildman–Crippen LogP) is 7.30. The topological polar surface area (TPSA) is 20.3 Å². The summed E-state index contributed by atoms with van der Waals surface area (Å²) in [6.07, 6.45) is 14.2. The summed E-state index contributed by atoms with van der Waals surface area (Å²) in [7, 11) is 2.02. The van der Waals surface area contributed by atoms with Crippen LogP contribution in [0, 0.1) is 52.3 Å². The third-order valence-corrected chi connectivity index (χ3v) is 10.6. The molecule has 0 aromatic carbocycles. The van der Waals surface area contributed by atoms with Crippen LogP contribution in [0.25, 0.3) is 0 Å². The summed E-state index contributed by atoms with van der Waals surface area (Å²) in [4.78, 5) is 14.4. The highest BCUT2D eigenvalue weighted by atomic mass is 16.2. The standard InChI is InChI=1S/C28H47NO/c1-18(2)9-8-10-19(3)21-11-12-22-26-20(4)17-24-28(6,16-14-25(30)29(24)7)23(26)13-15-27(21,22)5/h17-23,26H,8-16H2,1-7H3/t19-,20-,21+,22-,23-,26-,27+,28+/m0/s1. The SMILES string of the molecule is CC(C)CCC[C@H](C)[C@H]1CC[C@H]2[C@@H]3[C@@H](C)C=C4N(C)C(=O)CC[C@]4(C)[C@H]3CC[C@]12C. The highest BCUT2D eigenvalue weighted by Crippen LogP contribution is 2.68. The maximum Gasteiger partial charge on any atom is 0.226 e. The molecular formula is C28H47NO. The van der Waals surface area contributed by atoms with Gasteiger partial charge in [0.2, 0.25) is 5.91 Å². The van der Waals surface area contributed by atoms with E-state index in [0.29, 0.717) is 17.2 Å². The zero-order valence-electron chi connectivity index (χ0n) is 20.8. The summed E-state index contributed by atoms with van der Waals surface area (Å²) in [6.45, 7) is 14.9. The Hall–Kier alpha value is -0.790. The molecule has 0 bridgehead atoms. The van der Waals surface area contributed by atoms with Crippen molar-refractivity contribution in [2.45, 2.75) is 99.3 Å². The van der Waals surface area contributed by atoms with Gasteiger partial charge in [-0.1, -0.05) is 66.9 Å². The number of fused-ring (bicyclic) bond motifs is 5. The number of hydrogen-bond acceptors (Lipinski definition) is 1. The van der Waals surface area contributed by atoms with Crippen molar-refractivity contribution in [1.29, 1.82) is 0 Å². The Labute approximate surface area is 186 Å². The van der Waals surface area contributed by atoms with E-state index in [1.54, 1.807) is 0 Å². The van der Waals surface area contributed by atoms with Gasteiger partial charge in [-0.3, -0.25) is 4.79 Å². The van der Waals surface area contributed by atoms with Crippen molar-refractivity contribution in [3.8, 4) is 0 Å². The van der Waals surface area contributed by atoms with E-state index >= 15 is 0 Å². The molecule has 0 N–H and O–H groups in total. The second-order valence-electron chi connectivity index (χ2n) is 12.6. The molecule has 170 valence electrons. The molecule has 0 radical (unpaired) electrons. The molecule has 2 nitrogen and oxygen atoms in total. The lowest BCUT2D eigenvalue weighted by Crippen LogP contribution is -2.55. The molecule has 1 saturated heterocycles. The fourth-order valence-corrected chi connectivity index (χ4v) is 8.91. The number of carbonyl (C=O) groups excluding carboxylic acids is 1. The highest BCUT2D eigenvalue weighted by molar-refractivity contribution is 5.79. The minimum absolute atomic E-state index is 0.210. The molecule has 0 unspecified atom stereocenters. The van der Waals surface area contributed by atoms with Crippen molar-refractivity contribution in [3.05, 3.63) is 11.8 Å². The number of rotatable bonds is 5. The normalized spacial score (nSPS) is 44.4. The van der Waals surface area contributed by atoms with Crippen molar-refractivity contribution in [1.82, 2.24) is 4.90 Å². The first kappa shape index (κ1) is 22.4. The summed E-state index contributed by atoms with van der Waals surface area (Å²) in [5.74, 6) is 5.99. The summed E-state index contributed by atoms with van der Waals surface area (Å²) in [5.41, 5.74) is 2.10. The molecule has 4 rings (SSSR count). The highest BCUT2D eigenvalue weighted by Gasteiger charge is 2.61. The predicted molar refractivity (Wildman–Crippen MR) is 126 cm³/mol. The van der Waals surface area contributed by atoms with Crippen LogP contribution in [0.3, 0.4) is 0 Å². The molecule has 8 atom stereocenters. The lowest BCUT2D eigenvalue weighted by Gasteiger charge is -2.60. The summed E-state index contributed by atoms with van der Waals surface area (Å²) in [6, 6.07) is 0. The fraction of sp³-hybridized carbons (Fsp3) is 0.893. The van der Waals surface area contributed by atoms with Crippen LogP contribution < -0.4 is 0 Å². The first-order valence-corrected chi connectivity index (χ1v) is 13.1. The maximum absolute atomic E-state index is 12.4. The molecule has 1 aliphatic heterocycles. The van der Waals surface area contributed by atoms with E-state index in [0.717, 1.165) is 48.3 Å². The third-order valence-electron chi connectivity index (χ3n) is 10.6. The second-order valence-corrected chi connectivity index (χ2v) is 12.6. The van der Waals surface area contributed by atoms with E-state index < -0.39 is 0 Å². The Bertz CT molecular complexity index is 695. The van der Waals surface area contributed by atoms with Crippen LogP contribution in [0.15, 0.2) is 11.8 Å².